The maximum atomic E-state index is 14.7. The lowest BCUT2D eigenvalue weighted by Gasteiger charge is -2.24. The van der Waals surface area contributed by atoms with Gasteiger partial charge in [-0.2, -0.15) is 12.6 Å². The Hall–Kier alpha value is -8.25. The summed E-state index contributed by atoms with van der Waals surface area (Å²) in [6, 6.07) is 25.2. The zero-order valence-corrected chi connectivity index (χ0v) is 66.3. The number of primary amides is 1. The smallest absolute Gasteiger partial charge is 0.445 e. The van der Waals surface area contributed by atoms with Gasteiger partial charge in [-0.05, 0) is 70.5 Å². The summed E-state index contributed by atoms with van der Waals surface area (Å²) in [6.45, 7) is 8.33. The van der Waals surface area contributed by atoms with Gasteiger partial charge in [0, 0.05) is 118 Å². The molecule has 4 atom stereocenters. The zero-order valence-electron chi connectivity index (χ0n) is 62.2. The number of amides is 9. The fourth-order valence-corrected chi connectivity index (χ4v) is 14.2. The number of phosphoric ester groups is 1. The van der Waals surface area contributed by atoms with E-state index in [1.54, 1.807) is 97.6 Å². The highest BCUT2D eigenvalue weighted by molar-refractivity contribution is 7.81. The number of thiol groups is 1. The molecule has 6 aromatic rings. The summed E-state index contributed by atoms with van der Waals surface area (Å²) in [5, 5.41) is 13.1. The second kappa shape index (κ2) is 44.9. The van der Waals surface area contributed by atoms with Crippen LogP contribution in [0.1, 0.15) is 87.4 Å². The second-order valence-corrected chi connectivity index (χ2v) is 29.5. The molecule has 8 rings (SSSR count). The Kier molecular flexibility index (Phi) is 35.7. The molecule has 3 heterocycles. The Morgan fingerprint density at radius 1 is 0.631 bits per heavy atom. The number of likely N-dealkylation sites (N-methyl/N-ethyl adjacent to an activating group) is 2. The van der Waals surface area contributed by atoms with Crippen molar-refractivity contribution in [2.45, 2.75) is 64.0 Å². The van der Waals surface area contributed by atoms with Crippen molar-refractivity contribution in [2.24, 2.45) is 17.6 Å². The number of nitrogens with one attached hydrogen (secondary N) is 4. The summed E-state index contributed by atoms with van der Waals surface area (Å²) in [5.41, 5.74) is 8.54. The summed E-state index contributed by atoms with van der Waals surface area (Å²) in [5.74, 6) is -3.73. The number of phosphoric acid groups is 1. The van der Waals surface area contributed by atoms with Crippen LogP contribution in [0.3, 0.4) is 0 Å². The van der Waals surface area contributed by atoms with Gasteiger partial charge in [-0.25, -0.2) is 18.9 Å². The van der Waals surface area contributed by atoms with Gasteiger partial charge in [0.25, 0.3) is 11.8 Å². The topological polar surface area (TPSA) is 391 Å². The number of hydrogen-bond acceptors (Lipinski definition) is 22. The molecular weight excluding hydrogens is 1540 g/mol. The van der Waals surface area contributed by atoms with E-state index in [4.69, 9.17) is 76.1 Å². The number of carbonyl (C=O) groups excluding carboxylic acids is 9. The summed E-state index contributed by atoms with van der Waals surface area (Å²) in [7, 11) is -2.00. The van der Waals surface area contributed by atoms with Gasteiger partial charge < -0.3 is 93.8 Å². The zero-order chi connectivity index (χ0) is 80.0. The quantitative estimate of drug-likeness (QED) is 0.00581. The van der Waals surface area contributed by atoms with E-state index < -0.39 is 61.6 Å². The highest BCUT2D eigenvalue weighted by Gasteiger charge is 2.40. The van der Waals surface area contributed by atoms with Crippen LogP contribution in [0.2, 0.25) is 0 Å². The van der Waals surface area contributed by atoms with E-state index >= 15 is 0 Å². The number of nitrogens with zero attached hydrogens (tertiary/aromatic N) is 4. The molecule has 1 aromatic heterocycles. The van der Waals surface area contributed by atoms with Gasteiger partial charge in [0.15, 0.2) is 5.78 Å². The predicted octanol–water partition coefficient (Wildman–Crippen LogP) is 8.80. The number of Topliss-reactive ketones (excluding diaryl/α,β-unsaturated/α-hetero) is 1. The Labute approximate surface area is 662 Å². The number of hydrogen-bond donors (Lipinski definition) is 8. The predicted molar refractivity (Wildman–Crippen MR) is 421 cm³/mol. The van der Waals surface area contributed by atoms with Gasteiger partial charge in [0.1, 0.15) is 24.9 Å². The van der Waals surface area contributed by atoms with Crippen LogP contribution in [0.5, 0.6) is 11.5 Å². The number of fused-ring (bicyclic) bond motifs is 6. The van der Waals surface area contributed by atoms with Gasteiger partial charge in [0.05, 0.1) is 119 Å². The first kappa shape index (κ1) is 88.3. The number of ketones is 1. The molecule has 0 saturated carbocycles. The third kappa shape index (κ3) is 26.7. The molecule has 0 aliphatic carbocycles. The lowest BCUT2D eigenvalue weighted by molar-refractivity contribution is -0.132. The van der Waals surface area contributed by atoms with E-state index in [1.165, 1.54) is 34.9 Å². The number of carbonyl (C=O) groups is 9. The number of thiophene rings is 1. The molecule has 3 unspecified atom stereocenters. The highest BCUT2D eigenvalue weighted by atomic mass is 35.5. The van der Waals surface area contributed by atoms with Crippen molar-refractivity contribution < 1.29 is 105 Å². The summed E-state index contributed by atoms with van der Waals surface area (Å²) < 4.78 is 67.0. The minimum Gasteiger partial charge on any atom is -0.445 e. The van der Waals surface area contributed by atoms with Crippen molar-refractivity contribution in [1.82, 2.24) is 25.8 Å². The molecule has 0 bridgehead atoms. The van der Waals surface area contributed by atoms with Crippen LogP contribution in [0.15, 0.2) is 97.1 Å². The van der Waals surface area contributed by atoms with Crippen molar-refractivity contribution in [1.29, 1.82) is 0 Å². The molecule has 2 aliphatic heterocycles. The highest BCUT2D eigenvalue weighted by Crippen LogP contribution is 2.50. The molecule has 0 spiro atoms. The average molecular weight is 1640 g/mol. The Bertz CT molecular complexity index is 4200. The molecule has 0 saturated heterocycles. The molecular formula is C75H96Cl2N9O22PS2. The molecule has 8 N–H and O–H groups in total. The Morgan fingerprint density at radius 2 is 1.13 bits per heavy atom. The first-order valence-corrected chi connectivity index (χ1v) is 40.1. The Morgan fingerprint density at radius 3 is 1.64 bits per heavy atom. The van der Waals surface area contributed by atoms with Gasteiger partial charge in [-0.3, -0.25) is 38.6 Å². The number of rotatable bonds is 47. The van der Waals surface area contributed by atoms with Crippen molar-refractivity contribution in [3.8, 4) is 11.5 Å². The van der Waals surface area contributed by atoms with Crippen LogP contribution in [0.4, 0.5) is 31.4 Å². The molecule has 31 nitrogen and oxygen atoms in total. The van der Waals surface area contributed by atoms with Crippen LogP contribution < -0.4 is 46.1 Å². The number of urea groups is 1. The summed E-state index contributed by atoms with van der Waals surface area (Å²) in [4.78, 5) is 145. The molecule has 0 fully saturated rings. The fraction of sp³-hybridized carbons (Fsp3) is 0.480. The van der Waals surface area contributed by atoms with Gasteiger partial charge >= 0.3 is 26.0 Å². The minimum atomic E-state index is -5.01. The van der Waals surface area contributed by atoms with Gasteiger partial charge in [0.2, 0.25) is 17.7 Å². The number of ether oxygens (including phenoxy) is 9. The molecule has 604 valence electrons. The van der Waals surface area contributed by atoms with E-state index in [9.17, 15) is 57.5 Å². The maximum Gasteiger partial charge on any atom is 0.524 e. The van der Waals surface area contributed by atoms with Crippen LogP contribution >= 0.6 is 55.0 Å². The first-order chi connectivity index (χ1) is 53.4. The first-order valence-electron chi connectivity index (χ1n) is 36.1. The summed E-state index contributed by atoms with van der Waals surface area (Å²) >= 11 is 18.0. The van der Waals surface area contributed by atoms with Crippen LogP contribution in [-0.2, 0) is 68.2 Å². The fourth-order valence-electron chi connectivity index (χ4n) is 12.3. The third-order valence-electron chi connectivity index (χ3n) is 17.9. The number of halogens is 2. The second-order valence-electron chi connectivity index (χ2n) is 26.3. The largest absolute Gasteiger partial charge is 0.524 e. The number of anilines is 3. The number of nitrogens with two attached hydrogens (primary N) is 1. The number of benzene rings is 5. The lowest BCUT2D eigenvalue weighted by Crippen LogP contribution is -2.45. The van der Waals surface area contributed by atoms with E-state index in [1.807, 2.05) is 12.1 Å². The molecule has 5 aromatic carbocycles. The lowest BCUT2D eigenvalue weighted by atomic mass is 9.89. The third-order valence-corrected chi connectivity index (χ3v) is 20.5. The Balaban J connectivity index is 0.751. The molecule has 36 heteroatoms. The van der Waals surface area contributed by atoms with Crippen molar-refractivity contribution in [2.75, 3.05) is 172 Å². The normalized spacial score (nSPS) is 14.4. The summed E-state index contributed by atoms with van der Waals surface area (Å²) in [6.07, 6.45) is -1.25. The van der Waals surface area contributed by atoms with Crippen molar-refractivity contribution in [3.05, 3.63) is 124 Å². The van der Waals surface area contributed by atoms with E-state index in [2.05, 4.69) is 33.9 Å². The van der Waals surface area contributed by atoms with Crippen LogP contribution in [0.25, 0.3) is 21.5 Å². The van der Waals surface area contributed by atoms with Gasteiger partial charge in [-0.15, -0.1) is 34.5 Å². The molecule has 111 heavy (non-hydrogen) atoms. The van der Waals surface area contributed by atoms with E-state index in [0.29, 0.717) is 123 Å². The SMILES string of the molecule is CC(C)C(NC(=O)CCOCOCCOCCOCCOCCOCCOCCNC(=O)CS)C(=O)C[C@@H](CCCNC(N)=O)C(=O)Nc1ccc(COC(=O)N(C)CCN(C)C(=O)Oc2cc3c(c4ccccc24)C(CCl)CN3C(=O)c2ccc(C(=O)N3CC(CCl)c4c3cc(OP(=O)(O)O)c3ccccc43)s2)cc1. The van der Waals surface area contributed by atoms with Crippen molar-refractivity contribution in [3.63, 3.8) is 0 Å². The van der Waals surface area contributed by atoms with E-state index in [0.717, 1.165) is 22.5 Å². The maximum absolute atomic E-state index is 14.7. The van der Waals surface area contributed by atoms with E-state index in [-0.39, 0.29) is 147 Å². The number of alkyl halides is 2. The molecule has 2 aliphatic rings. The van der Waals surface area contributed by atoms with Gasteiger partial charge in [-0.1, -0.05) is 74.5 Å². The monoisotopic (exact) mass is 1640 g/mol. The molecule has 9 amide bonds. The van der Waals surface area contributed by atoms with Crippen molar-refractivity contribution >= 4 is 147 Å². The standard InChI is InChI=1S/C75H96Cl2N9O22PS2/c1-48(2)69(82-65(88)21-26-104-47-105-37-36-103-35-34-102-33-32-101-31-30-100-29-28-99-27-23-79-66(89)46-110)60(87)38-50(10-9-22-80-73(78)93)70(90)81-53-17-15-49(16-18-53)45-106-74(94)83(3)24-25-84(4)75(95)107-61-39-58-67(56-13-7-5-11-54(56)61)51(41-76)43-85(58)71(91)63-19-20-64(111-63)72(92)86-44-52(42-77)68-57-14-8-6-12-55(57)62(40-59(68)86)108-109(96,97)98/h5-8,11-20,39-40,48,50-52,69,110H,9-10,21-38,41-47H2,1-4H3,(H,79,89)(H,81,90)(H,82,88)(H3,78,80,93)(H2,96,97,98)/t50-,51?,52?,69?/m1/s1. The average Bonchev–Trinajstić information content (AvgIpc) is 1.62. The van der Waals surface area contributed by atoms with Crippen LogP contribution in [0, 0.1) is 11.8 Å². The minimum absolute atomic E-state index is 0.0131. The molecule has 0 radical (unpaired) electrons. The van der Waals surface area contributed by atoms with Crippen LogP contribution in [-0.4, -0.2) is 236 Å².